The first-order valence-corrected chi connectivity index (χ1v) is 5.03. The molecule has 0 bridgehead atoms. The number of primary amides is 1. The average molecular weight is 184 g/mol. The van der Waals surface area contributed by atoms with Gasteiger partial charge < -0.3 is 5.73 Å². The number of hydrogen-bond acceptors (Lipinski definition) is 2. The standard InChI is InChI=1S/C10H20N2O/c1-8(2)12(3)10(9(11)13)6-4-5-7-10/h8H,4-7H2,1-3H3,(H2,11,13). The molecule has 1 aliphatic carbocycles. The summed E-state index contributed by atoms with van der Waals surface area (Å²) in [4.78, 5) is 13.6. The number of amides is 1. The van der Waals surface area contributed by atoms with E-state index in [-0.39, 0.29) is 11.4 Å². The fourth-order valence-electron chi connectivity index (χ4n) is 2.23. The second-order valence-corrected chi connectivity index (χ2v) is 4.31. The molecule has 3 nitrogen and oxygen atoms in total. The molecule has 1 aliphatic rings. The molecule has 0 saturated heterocycles. The van der Waals surface area contributed by atoms with Crippen molar-refractivity contribution in [2.24, 2.45) is 5.73 Å². The van der Waals surface area contributed by atoms with Crippen molar-refractivity contribution >= 4 is 5.91 Å². The van der Waals surface area contributed by atoms with Crippen LogP contribution < -0.4 is 5.73 Å². The van der Waals surface area contributed by atoms with E-state index >= 15 is 0 Å². The summed E-state index contributed by atoms with van der Waals surface area (Å²) in [5, 5.41) is 0. The van der Waals surface area contributed by atoms with Crippen molar-refractivity contribution in [2.45, 2.75) is 51.1 Å². The lowest BCUT2D eigenvalue weighted by Crippen LogP contribution is -2.56. The highest BCUT2D eigenvalue weighted by Crippen LogP contribution is 2.35. The van der Waals surface area contributed by atoms with E-state index in [4.69, 9.17) is 5.73 Å². The minimum absolute atomic E-state index is 0.152. The number of likely N-dealkylation sites (N-methyl/N-ethyl adjacent to an activating group) is 1. The summed E-state index contributed by atoms with van der Waals surface area (Å²) in [7, 11) is 2.00. The van der Waals surface area contributed by atoms with Gasteiger partial charge in [0.1, 0.15) is 5.54 Å². The highest BCUT2D eigenvalue weighted by Gasteiger charge is 2.43. The summed E-state index contributed by atoms with van der Waals surface area (Å²) in [6.45, 7) is 4.20. The quantitative estimate of drug-likeness (QED) is 0.714. The molecule has 1 fully saturated rings. The number of carbonyl (C=O) groups is 1. The maximum absolute atomic E-state index is 11.4. The molecule has 0 aromatic carbocycles. The van der Waals surface area contributed by atoms with Crippen molar-refractivity contribution in [3.63, 3.8) is 0 Å². The topological polar surface area (TPSA) is 46.3 Å². The largest absolute Gasteiger partial charge is 0.368 e. The monoisotopic (exact) mass is 184 g/mol. The number of hydrogen-bond donors (Lipinski definition) is 1. The third kappa shape index (κ3) is 1.70. The number of nitrogens with two attached hydrogens (primary N) is 1. The second-order valence-electron chi connectivity index (χ2n) is 4.31. The smallest absolute Gasteiger partial charge is 0.237 e. The Balaban J connectivity index is 2.84. The minimum Gasteiger partial charge on any atom is -0.368 e. The van der Waals surface area contributed by atoms with Gasteiger partial charge in [0.05, 0.1) is 0 Å². The van der Waals surface area contributed by atoms with Crippen molar-refractivity contribution in [1.29, 1.82) is 0 Å². The zero-order valence-corrected chi connectivity index (χ0v) is 8.84. The molecule has 0 spiro atoms. The van der Waals surface area contributed by atoms with Crippen LogP contribution in [0, 0.1) is 0 Å². The summed E-state index contributed by atoms with van der Waals surface area (Å²) < 4.78 is 0. The molecule has 1 rings (SSSR count). The Labute approximate surface area is 80.3 Å². The normalized spacial score (nSPS) is 21.3. The van der Waals surface area contributed by atoms with Gasteiger partial charge in [0.25, 0.3) is 0 Å². The van der Waals surface area contributed by atoms with Crippen molar-refractivity contribution in [3.05, 3.63) is 0 Å². The molecule has 0 unspecified atom stereocenters. The summed E-state index contributed by atoms with van der Waals surface area (Å²) in [5.41, 5.74) is 5.14. The predicted molar refractivity (Wildman–Crippen MR) is 53.3 cm³/mol. The van der Waals surface area contributed by atoms with Crippen molar-refractivity contribution in [3.8, 4) is 0 Å². The van der Waals surface area contributed by atoms with Gasteiger partial charge in [-0.3, -0.25) is 9.69 Å². The Morgan fingerprint density at radius 3 is 2.15 bits per heavy atom. The van der Waals surface area contributed by atoms with Gasteiger partial charge >= 0.3 is 0 Å². The fourth-order valence-corrected chi connectivity index (χ4v) is 2.23. The molecule has 76 valence electrons. The molecular weight excluding hydrogens is 164 g/mol. The van der Waals surface area contributed by atoms with E-state index in [1.165, 1.54) is 0 Å². The molecular formula is C10H20N2O. The number of carbonyl (C=O) groups excluding carboxylic acids is 1. The number of nitrogens with zero attached hydrogens (tertiary/aromatic N) is 1. The first-order chi connectivity index (χ1) is 6.00. The maximum Gasteiger partial charge on any atom is 0.237 e. The first-order valence-electron chi connectivity index (χ1n) is 5.03. The van der Waals surface area contributed by atoms with E-state index in [0.717, 1.165) is 25.7 Å². The van der Waals surface area contributed by atoms with E-state index in [9.17, 15) is 4.79 Å². The van der Waals surface area contributed by atoms with Gasteiger partial charge in [-0.2, -0.15) is 0 Å². The zero-order chi connectivity index (χ0) is 10.1. The van der Waals surface area contributed by atoms with Gasteiger partial charge in [-0.15, -0.1) is 0 Å². The van der Waals surface area contributed by atoms with Crippen LogP contribution in [0.5, 0.6) is 0 Å². The SMILES string of the molecule is CC(C)N(C)C1(C(N)=O)CCCC1. The molecule has 3 heteroatoms. The van der Waals surface area contributed by atoms with Crippen LogP contribution in [0.1, 0.15) is 39.5 Å². The van der Waals surface area contributed by atoms with E-state index in [2.05, 4.69) is 18.7 Å². The maximum atomic E-state index is 11.4. The Morgan fingerprint density at radius 1 is 1.38 bits per heavy atom. The summed E-state index contributed by atoms with van der Waals surface area (Å²) in [6, 6.07) is 0.380. The molecule has 0 radical (unpaired) electrons. The lowest BCUT2D eigenvalue weighted by molar-refractivity contribution is -0.130. The highest BCUT2D eigenvalue weighted by molar-refractivity contribution is 5.85. The molecule has 0 aromatic heterocycles. The van der Waals surface area contributed by atoms with E-state index in [1.54, 1.807) is 0 Å². The van der Waals surface area contributed by atoms with Crippen LogP contribution >= 0.6 is 0 Å². The third-order valence-corrected chi connectivity index (χ3v) is 3.34. The van der Waals surface area contributed by atoms with Crippen LogP contribution in [0.4, 0.5) is 0 Å². The summed E-state index contributed by atoms with van der Waals surface area (Å²) in [5.74, 6) is -0.152. The molecule has 2 N–H and O–H groups in total. The van der Waals surface area contributed by atoms with Crippen molar-refractivity contribution in [1.82, 2.24) is 4.90 Å². The molecule has 1 amide bonds. The highest BCUT2D eigenvalue weighted by atomic mass is 16.1. The lowest BCUT2D eigenvalue weighted by Gasteiger charge is -2.38. The lowest BCUT2D eigenvalue weighted by atomic mass is 9.93. The predicted octanol–water partition coefficient (Wildman–Crippen LogP) is 1.12. The fraction of sp³-hybridized carbons (Fsp3) is 0.900. The van der Waals surface area contributed by atoms with Crippen LogP contribution in [0.25, 0.3) is 0 Å². The van der Waals surface area contributed by atoms with Gasteiger partial charge in [-0.25, -0.2) is 0 Å². The van der Waals surface area contributed by atoms with Gasteiger partial charge in [0, 0.05) is 6.04 Å². The molecule has 0 heterocycles. The first kappa shape index (κ1) is 10.5. The van der Waals surface area contributed by atoms with Gasteiger partial charge in [0.15, 0.2) is 0 Å². The Morgan fingerprint density at radius 2 is 1.85 bits per heavy atom. The van der Waals surface area contributed by atoms with Crippen LogP contribution in [0.2, 0.25) is 0 Å². The molecule has 0 aliphatic heterocycles. The van der Waals surface area contributed by atoms with Gasteiger partial charge in [-0.1, -0.05) is 12.8 Å². The minimum atomic E-state index is -0.353. The third-order valence-electron chi connectivity index (χ3n) is 3.34. The van der Waals surface area contributed by atoms with Crippen LogP contribution in [0.3, 0.4) is 0 Å². The Bertz CT molecular complexity index is 195. The molecule has 0 atom stereocenters. The van der Waals surface area contributed by atoms with Crippen LogP contribution in [-0.4, -0.2) is 29.4 Å². The zero-order valence-electron chi connectivity index (χ0n) is 8.84. The van der Waals surface area contributed by atoms with Crippen LogP contribution in [-0.2, 0) is 4.79 Å². The van der Waals surface area contributed by atoms with Gasteiger partial charge in [-0.05, 0) is 33.7 Å². The molecule has 13 heavy (non-hydrogen) atoms. The average Bonchev–Trinajstić information content (AvgIpc) is 2.51. The molecule has 0 aromatic rings. The Kier molecular flexibility index (Phi) is 2.96. The van der Waals surface area contributed by atoms with E-state index in [1.807, 2.05) is 7.05 Å². The van der Waals surface area contributed by atoms with Crippen molar-refractivity contribution < 1.29 is 4.79 Å². The summed E-state index contributed by atoms with van der Waals surface area (Å²) >= 11 is 0. The van der Waals surface area contributed by atoms with Crippen LogP contribution in [0.15, 0.2) is 0 Å². The van der Waals surface area contributed by atoms with Gasteiger partial charge in [0.2, 0.25) is 5.91 Å². The Hall–Kier alpha value is -0.570. The van der Waals surface area contributed by atoms with E-state index < -0.39 is 0 Å². The van der Waals surface area contributed by atoms with E-state index in [0.29, 0.717) is 6.04 Å². The van der Waals surface area contributed by atoms with Crippen molar-refractivity contribution in [2.75, 3.05) is 7.05 Å². The second kappa shape index (κ2) is 3.66. The summed E-state index contributed by atoms with van der Waals surface area (Å²) in [6.07, 6.45) is 4.11. The molecule has 1 saturated carbocycles. The number of rotatable bonds is 3.